The first-order valence-corrected chi connectivity index (χ1v) is 11.2. The maximum atomic E-state index is 13.6. The average molecular weight is 414 g/mol. The zero-order valence-electron chi connectivity index (χ0n) is 18.3. The van der Waals surface area contributed by atoms with Gasteiger partial charge in [-0.25, -0.2) is 4.98 Å². The van der Waals surface area contributed by atoms with Crippen LogP contribution in [0.4, 0.5) is 0 Å². The third-order valence-corrected chi connectivity index (χ3v) is 6.35. The molecule has 3 aromatic rings. The molecule has 0 N–H and O–H groups in total. The fourth-order valence-corrected chi connectivity index (χ4v) is 4.68. The van der Waals surface area contributed by atoms with Crippen LogP contribution in [0.3, 0.4) is 0 Å². The second-order valence-corrected chi connectivity index (χ2v) is 8.48. The van der Waals surface area contributed by atoms with Crippen molar-refractivity contribution in [2.24, 2.45) is 0 Å². The maximum Gasteiger partial charge on any atom is 0.262 e. The molecule has 0 atom stereocenters. The van der Waals surface area contributed by atoms with Gasteiger partial charge < -0.3 is 9.64 Å². The van der Waals surface area contributed by atoms with E-state index in [1.165, 1.54) is 0 Å². The van der Waals surface area contributed by atoms with Crippen molar-refractivity contribution in [2.45, 2.75) is 47.1 Å². The van der Waals surface area contributed by atoms with E-state index in [1.807, 2.05) is 23.6 Å². The van der Waals surface area contributed by atoms with Gasteiger partial charge in [0.2, 0.25) is 0 Å². The molecule has 2 heterocycles. The molecule has 0 unspecified atom stereocenters. The molecule has 0 bridgehead atoms. The second-order valence-electron chi connectivity index (χ2n) is 7.62. The van der Waals surface area contributed by atoms with Gasteiger partial charge in [0.05, 0.1) is 12.5 Å². The summed E-state index contributed by atoms with van der Waals surface area (Å²) in [6, 6.07) is 6.06. The standard InChI is InChI=1S/C23H31N3O2S/c1-7-25(8-2)11-12-26-21(15(3)4)24-22-20(23(26)27)18(14-29-22)17-9-10-19(28-6)16(5)13-17/h9-10,13-15H,7-8,11-12H2,1-6H3. The molecule has 0 aliphatic rings. The normalized spacial score (nSPS) is 11.7. The number of aromatic nitrogens is 2. The van der Waals surface area contributed by atoms with Gasteiger partial charge in [0.25, 0.3) is 5.56 Å². The summed E-state index contributed by atoms with van der Waals surface area (Å²) in [5.74, 6) is 1.91. The smallest absolute Gasteiger partial charge is 0.262 e. The van der Waals surface area contributed by atoms with Crippen molar-refractivity contribution in [3.05, 3.63) is 45.3 Å². The first-order valence-electron chi connectivity index (χ1n) is 10.3. The number of benzene rings is 1. The summed E-state index contributed by atoms with van der Waals surface area (Å²) in [7, 11) is 1.67. The highest BCUT2D eigenvalue weighted by molar-refractivity contribution is 7.17. The highest BCUT2D eigenvalue weighted by Gasteiger charge is 2.19. The molecule has 0 saturated carbocycles. The number of likely N-dealkylation sites (N-methyl/N-ethyl adjacent to an activating group) is 1. The Labute approximate surface area is 177 Å². The molecule has 0 saturated heterocycles. The molecule has 3 rings (SSSR count). The number of thiophene rings is 1. The summed E-state index contributed by atoms with van der Waals surface area (Å²) in [5, 5.41) is 2.78. The Morgan fingerprint density at radius 3 is 2.55 bits per heavy atom. The first-order chi connectivity index (χ1) is 13.9. The summed E-state index contributed by atoms with van der Waals surface area (Å²) < 4.78 is 7.27. The Kier molecular flexibility index (Phi) is 6.75. The summed E-state index contributed by atoms with van der Waals surface area (Å²) in [6.07, 6.45) is 0. The lowest BCUT2D eigenvalue weighted by Gasteiger charge is -2.21. The number of methoxy groups -OCH3 is 1. The van der Waals surface area contributed by atoms with Crippen molar-refractivity contribution in [3.63, 3.8) is 0 Å². The summed E-state index contributed by atoms with van der Waals surface area (Å²) in [6.45, 7) is 14.0. The first kappa shape index (κ1) is 21.5. The lowest BCUT2D eigenvalue weighted by atomic mass is 10.0. The van der Waals surface area contributed by atoms with E-state index in [1.54, 1.807) is 18.4 Å². The minimum Gasteiger partial charge on any atom is -0.496 e. The van der Waals surface area contributed by atoms with Crippen molar-refractivity contribution >= 4 is 21.6 Å². The van der Waals surface area contributed by atoms with Crippen LogP contribution < -0.4 is 10.3 Å². The Morgan fingerprint density at radius 2 is 1.97 bits per heavy atom. The number of aryl methyl sites for hydroxylation is 1. The third kappa shape index (κ3) is 4.23. The lowest BCUT2D eigenvalue weighted by Crippen LogP contribution is -2.33. The van der Waals surface area contributed by atoms with Crippen molar-refractivity contribution in [1.82, 2.24) is 14.5 Å². The summed E-state index contributed by atoms with van der Waals surface area (Å²) >= 11 is 1.55. The van der Waals surface area contributed by atoms with E-state index in [0.29, 0.717) is 6.54 Å². The molecule has 1 aromatic carbocycles. The number of hydrogen-bond donors (Lipinski definition) is 0. The van der Waals surface area contributed by atoms with Crippen LogP contribution in [-0.2, 0) is 6.54 Å². The highest BCUT2D eigenvalue weighted by atomic mass is 32.1. The van der Waals surface area contributed by atoms with Crippen molar-refractivity contribution in [2.75, 3.05) is 26.7 Å². The van der Waals surface area contributed by atoms with E-state index in [4.69, 9.17) is 9.72 Å². The monoisotopic (exact) mass is 413 g/mol. The molecular formula is C23H31N3O2S. The van der Waals surface area contributed by atoms with Gasteiger partial charge in [0, 0.05) is 30.0 Å². The van der Waals surface area contributed by atoms with Crippen LogP contribution in [0.15, 0.2) is 28.4 Å². The van der Waals surface area contributed by atoms with Crippen molar-refractivity contribution < 1.29 is 4.74 Å². The quantitative estimate of drug-likeness (QED) is 0.527. The van der Waals surface area contributed by atoms with Gasteiger partial charge in [-0.05, 0) is 43.3 Å². The van der Waals surface area contributed by atoms with Gasteiger partial charge in [-0.3, -0.25) is 9.36 Å². The molecule has 29 heavy (non-hydrogen) atoms. The number of ether oxygens (including phenoxy) is 1. The van der Waals surface area contributed by atoms with Crippen LogP contribution in [0.1, 0.15) is 45.0 Å². The minimum absolute atomic E-state index is 0.0653. The van der Waals surface area contributed by atoms with E-state index in [-0.39, 0.29) is 11.5 Å². The molecule has 0 spiro atoms. The molecule has 0 aliphatic heterocycles. The topological polar surface area (TPSA) is 47.4 Å². The molecule has 0 radical (unpaired) electrons. The molecule has 0 aliphatic carbocycles. The molecular weight excluding hydrogens is 382 g/mol. The highest BCUT2D eigenvalue weighted by Crippen LogP contribution is 2.34. The third-order valence-electron chi connectivity index (χ3n) is 5.48. The summed E-state index contributed by atoms with van der Waals surface area (Å²) in [5.41, 5.74) is 3.11. The van der Waals surface area contributed by atoms with Gasteiger partial charge in [-0.15, -0.1) is 11.3 Å². The SMILES string of the molecule is CCN(CC)CCn1c(C(C)C)nc2scc(-c3ccc(OC)c(C)c3)c2c1=O. The lowest BCUT2D eigenvalue weighted by molar-refractivity contribution is 0.286. The number of hydrogen-bond acceptors (Lipinski definition) is 5. The molecule has 2 aromatic heterocycles. The van der Waals surface area contributed by atoms with Crippen LogP contribution in [0.25, 0.3) is 21.3 Å². The van der Waals surface area contributed by atoms with Gasteiger partial charge in [-0.2, -0.15) is 0 Å². The van der Waals surface area contributed by atoms with Crippen LogP contribution in [0.5, 0.6) is 5.75 Å². The largest absolute Gasteiger partial charge is 0.496 e. The number of nitrogens with zero attached hydrogens (tertiary/aromatic N) is 3. The van der Waals surface area contributed by atoms with E-state index in [2.05, 4.69) is 44.0 Å². The van der Waals surface area contributed by atoms with E-state index in [0.717, 1.165) is 58.1 Å². The fourth-order valence-electron chi connectivity index (χ4n) is 3.74. The van der Waals surface area contributed by atoms with Crippen molar-refractivity contribution in [1.29, 1.82) is 0 Å². The van der Waals surface area contributed by atoms with Gasteiger partial charge in [-0.1, -0.05) is 33.8 Å². The zero-order chi connectivity index (χ0) is 21.1. The number of rotatable bonds is 8. The van der Waals surface area contributed by atoms with E-state index < -0.39 is 0 Å². The predicted octanol–water partition coefficient (Wildman–Crippen LogP) is 4.91. The molecule has 5 nitrogen and oxygen atoms in total. The minimum atomic E-state index is 0.0653. The molecule has 0 amide bonds. The Hall–Kier alpha value is -2.18. The van der Waals surface area contributed by atoms with Gasteiger partial charge in [0.15, 0.2) is 0 Å². The Bertz CT molecular complexity index is 1050. The van der Waals surface area contributed by atoms with Crippen molar-refractivity contribution in [3.8, 4) is 16.9 Å². The van der Waals surface area contributed by atoms with Crippen LogP contribution >= 0.6 is 11.3 Å². The predicted molar refractivity (Wildman–Crippen MR) is 122 cm³/mol. The molecule has 6 heteroatoms. The summed E-state index contributed by atoms with van der Waals surface area (Å²) in [4.78, 5) is 21.7. The second kappa shape index (κ2) is 9.09. The average Bonchev–Trinajstić information content (AvgIpc) is 3.14. The molecule has 0 fully saturated rings. The number of fused-ring (bicyclic) bond motifs is 1. The maximum absolute atomic E-state index is 13.6. The Balaban J connectivity index is 2.14. The van der Waals surface area contributed by atoms with Crippen LogP contribution in [-0.4, -0.2) is 41.2 Å². The zero-order valence-corrected chi connectivity index (χ0v) is 19.1. The van der Waals surface area contributed by atoms with Crippen LogP contribution in [0.2, 0.25) is 0 Å². The van der Waals surface area contributed by atoms with E-state index in [9.17, 15) is 4.79 Å². The van der Waals surface area contributed by atoms with Gasteiger partial charge in [0.1, 0.15) is 16.4 Å². The Morgan fingerprint density at radius 1 is 1.24 bits per heavy atom. The molecule has 156 valence electrons. The van der Waals surface area contributed by atoms with E-state index >= 15 is 0 Å². The van der Waals surface area contributed by atoms with Gasteiger partial charge >= 0.3 is 0 Å². The van der Waals surface area contributed by atoms with Crippen LogP contribution in [0, 0.1) is 6.92 Å². The fraction of sp³-hybridized carbons (Fsp3) is 0.478.